The average molecular weight is 297 g/mol. The van der Waals surface area contributed by atoms with Crippen LogP contribution in [0, 0.1) is 0 Å². The number of nitrogens with zero attached hydrogens (tertiary/aromatic N) is 1. The molecule has 114 valence electrons. The number of para-hydroxylation sites is 1. The smallest absolute Gasteiger partial charge is 0.253 e. The number of likely N-dealkylation sites (tertiary alicyclic amines) is 1. The molecule has 0 bridgehead atoms. The summed E-state index contributed by atoms with van der Waals surface area (Å²) in [5.74, 6) is 1.42. The Labute approximate surface area is 130 Å². The lowest BCUT2D eigenvalue weighted by Gasteiger charge is -2.30. The predicted octanol–water partition coefficient (Wildman–Crippen LogP) is 3.08. The van der Waals surface area contributed by atoms with Crippen molar-refractivity contribution in [3.05, 3.63) is 60.2 Å². The molecule has 1 fully saturated rings. The summed E-state index contributed by atoms with van der Waals surface area (Å²) in [5, 5.41) is 9.67. The minimum atomic E-state index is -0.404. The Bertz CT molecular complexity index is 625. The van der Waals surface area contributed by atoms with E-state index < -0.39 is 6.10 Å². The topological polar surface area (TPSA) is 49.8 Å². The molecule has 1 aliphatic rings. The summed E-state index contributed by atoms with van der Waals surface area (Å²) in [7, 11) is 0. The first kappa shape index (κ1) is 14.6. The fraction of sp³-hybridized carbons (Fsp3) is 0.278. The SMILES string of the molecule is O=C(c1ccc(Oc2ccccc2)cc1)N1CCC[C@H](O)C1. The highest BCUT2D eigenvalue weighted by Gasteiger charge is 2.22. The van der Waals surface area contributed by atoms with Gasteiger partial charge in [0, 0.05) is 18.7 Å². The Balaban J connectivity index is 1.67. The Kier molecular flexibility index (Phi) is 4.39. The van der Waals surface area contributed by atoms with Gasteiger partial charge in [-0.2, -0.15) is 0 Å². The zero-order valence-corrected chi connectivity index (χ0v) is 12.3. The van der Waals surface area contributed by atoms with E-state index in [-0.39, 0.29) is 5.91 Å². The number of ether oxygens (including phenoxy) is 1. The van der Waals surface area contributed by atoms with Crippen LogP contribution in [-0.4, -0.2) is 35.1 Å². The number of carbonyl (C=O) groups excluding carboxylic acids is 1. The highest BCUT2D eigenvalue weighted by Crippen LogP contribution is 2.22. The van der Waals surface area contributed by atoms with Crippen LogP contribution in [0.25, 0.3) is 0 Å². The molecular weight excluding hydrogens is 278 g/mol. The maximum Gasteiger partial charge on any atom is 0.253 e. The van der Waals surface area contributed by atoms with Crippen molar-refractivity contribution in [2.75, 3.05) is 13.1 Å². The maximum atomic E-state index is 12.4. The molecular formula is C18H19NO3. The number of benzene rings is 2. The maximum absolute atomic E-state index is 12.4. The molecule has 0 saturated carbocycles. The second kappa shape index (κ2) is 6.62. The van der Waals surface area contributed by atoms with Crippen LogP contribution in [0.1, 0.15) is 23.2 Å². The summed E-state index contributed by atoms with van der Waals surface area (Å²) in [6, 6.07) is 16.6. The Morgan fingerprint density at radius 1 is 1.05 bits per heavy atom. The van der Waals surface area contributed by atoms with Gasteiger partial charge in [0.2, 0.25) is 0 Å². The summed E-state index contributed by atoms with van der Waals surface area (Å²) < 4.78 is 5.71. The summed E-state index contributed by atoms with van der Waals surface area (Å²) in [4.78, 5) is 14.1. The Morgan fingerprint density at radius 3 is 2.41 bits per heavy atom. The second-order valence-corrected chi connectivity index (χ2v) is 5.49. The normalized spacial score (nSPS) is 18.0. The number of rotatable bonds is 3. The highest BCUT2D eigenvalue weighted by molar-refractivity contribution is 5.94. The molecule has 22 heavy (non-hydrogen) atoms. The molecule has 0 aliphatic carbocycles. The van der Waals surface area contributed by atoms with Gasteiger partial charge < -0.3 is 14.7 Å². The van der Waals surface area contributed by atoms with Crippen LogP contribution < -0.4 is 4.74 Å². The Morgan fingerprint density at radius 2 is 1.73 bits per heavy atom. The number of hydrogen-bond donors (Lipinski definition) is 1. The van der Waals surface area contributed by atoms with E-state index in [2.05, 4.69) is 0 Å². The van der Waals surface area contributed by atoms with E-state index in [0.29, 0.717) is 24.4 Å². The van der Waals surface area contributed by atoms with Gasteiger partial charge in [0.15, 0.2) is 0 Å². The van der Waals surface area contributed by atoms with Crippen LogP contribution in [0.3, 0.4) is 0 Å². The van der Waals surface area contributed by atoms with Crippen molar-refractivity contribution < 1.29 is 14.6 Å². The number of carbonyl (C=O) groups is 1. The quantitative estimate of drug-likeness (QED) is 0.947. The number of β-amino-alcohol motifs (C(OH)–C–C–N with tert-alkyl or cyclic N) is 1. The highest BCUT2D eigenvalue weighted by atomic mass is 16.5. The molecule has 1 amide bonds. The summed E-state index contributed by atoms with van der Waals surface area (Å²) in [5.41, 5.74) is 0.620. The number of piperidine rings is 1. The third kappa shape index (κ3) is 3.46. The number of amides is 1. The fourth-order valence-corrected chi connectivity index (χ4v) is 2.61. The minimum absolute atomic E-state index is 0.0370. The van der Waals surface area contributed by atoms with E-state index in [0.717, 1.165) is 18.6 Å². The van der Waals surface area contributed by atoms with Crippen LogP contribution in [-0.2, 0) is 0 Å². The number of hydrogen-bond acceptors (Lipinski definition) is 3. The van der Waals surface area contributed by atoms with E-state index in [1.54, 1.807) is 29.2 Å². The standard InChI is InChI=1S/C18H19NO3/c20-15-5-4-12-19(13-15)18(21)14-8-10-17(11-9-14)22-16-6-2-1-3-7-16/h1-3,6-11,15,20H,4-5,12-13H2/t15-/m0/s1. The van der Waals surface area contributed by atoms with Gasteiger partial charge >= 0.3 is 0 Å². The van der Waals surface area contributed by atoms with Gasteiger partial charge in [-0.25, -0.2) is 0 Å². The van der Waals surface area contributed by atoms with Crippen molar-refractivity contribution in [1.29, 1.82) is 0 Å². The van der Waals surface area contributed by atoms with Gasteiger partial charge in [-0.1, -0.05) is 18.2 Å². The third-order valence-corrected chi connectivity index (χ3v) is 3.76. The second-order valence-electron chi connectivity index (χ2n) is 5.49. The molecule has 1 N–H and O–H groups in total. The molecule has 1 aliphatic heterocycles. The largest absolute Gasteiger partial charge is 0.457 e. The van der Waals surface area contributed by atoms with E-state index in [9.17, 15) is 9.90 Å². The van der Waals surface area contributed by atoms with Gasteiger partial charge in [0.1, 0.15) is 11.5 Å². The lowest BCUT2D eigenvalue weighted by molar-refractivity contribution is 0.0474. The molecule has 2 aromatic carbocycles. The van der Waals surface area contributed by atoms with Crippen molar-refractivity contribution in [2.45, 2.75) is 18.9 Å². The summed E-state index contributed by atoms with van der Waals surface area (Å²) >= 11 is 0. The minimum Gasteiger partial charge on any atom is -0.457 e. The van der Waals surface area contributed by atoms with Gasteiger partial charge in [-0.3, -0.25) is 4.79 Å². The van der Waals surface area contributed by atoms with E-state index >= 15 is 0 Å². The predicted molar refractivity (Wildman–Crippen MR) is 84.1 cm³/mol. The zero-order valence-electron chi connectivity index (χ0n) is 12.3. The lowest BCUT2D eigenvalue weighted by atomic mass is 10.1. The van der Waals surface area contributed by atoms with Crippen molar-refractivity contribution in [2.24, 2.45) is 0 Å². The third-order valence-electron chi connectivity index (χ3n) is 3.76. The summed E-state index contributed by atoms with van der Waals surface area (Å²) in [6.07, 6.45) is 1.22. The molecule has 0 unspecified atom stereocenters. The van der Waals surface area contributed by atoms with Gasteiger partial charge in [0.25, 0.3) is 5.91 Å². The van der Waals surface area contributed by atoms with Crippen molar-refractivity contribution in [3.63, 3.8) is 0 Å². The molecule has 1 atom stereocenters. The zero-order chi connectivity index (χ0) is 15.4. The van der Waals surface area contributed by atoms with Crippen LogP contribution in [0.2, 0.25) is 0 Å². The summed E-state index contributed by atoms with van der Waals surface area (Å²) in [6.45, 7) is 1.12. The number of aliphatic hydroxyl groups is 1. The molecule has 0 aromatic heterocycles. The van der Waals surface area contributed by atoms with E-state index in [4.69, 9.17) is 4.74 Å². The molecule has 0 spiro atoms. The molecule has 3 rings (SSSR count). The molecule has 1 heterocycles. The molecule has 4 heteroatoms. The fourth-order valence-electron chi connectivity index (χ4n) is 2.61. The average Bonchev–Trinajstić information content (AvgIpc) is 2.56. The van der Waals surface area contributed by atoms with E-state index in [1.165, 1.54) is 0 Å². The van der Waals surface area contributed by atoms with E-state index in [1.807, 2.05) is 30.3 Å². The van der Waals surface area contributed by atoms with Gasteiger partial charge in [0.05, 0.1) is 6.10 Å². The van der Waals surface area contributed by atoms with Crippen LogP contribution in [0.4, 0.5) is 0 Å². The monoisotopic (exact) mass is 297 g/mol. The molecule has 0 radical (unpaired) electrons. The van der Waals surface area contributed by atoms with Crippen molar-refractivity contribution in [1.82, 2.24) is 4.90 Å². The van der Waals surface area contributed by atoms with Crippen molar-refractivity contribution in [3.8, 4) is 11.5 Å². The van der Waals surface area contributed by atoms with Crippen molar-refractivity contribution >= 4 is 5.91 Å². The van der Waals surface area contributed by atoms with Crippen LogP contribution in [0.5, 0.6) is 11.5 Å². The lowest BCUT2D eigenvalue weighted by Crippen LogP contribution is -2.42. The molecule has 1 saturated heterocycles. The molecule has 4 nitrogen and oxygen atoms in total. The first-order chi connectivity index (χ1) is 10.7. The van der Waals surface area contributed by atoms with Crippen LogP contribution >= 0.6 is 0 Å². The number of aliphatic hydroxyl groups excluding tert-OH is 1. The van der Waals surface area contributed by atoms with Crippen LogP contribution in [0.15, 0.2) is 54.6 Å². The molecule has 2 aromatic rings. The first-order valence-electron chi connectivity index (χ1n) is 7.53. The van der Waals surface area contributed by atoms with Gasteiger partial charge in [-0.05, 0) is 49.2 Å². The van der Waals surface area contributed by atoms with Gasteiger partial charge in [-0.15, -0.1) is 0 Å². The Hall–Kier alpha value is -2.33. The first-order valence-corrected chi connectivity index (χ1v) is 7.53.